The molecular weight excluding hydrogens is 214 g/mol. The van der Waals surface area contributed by atoms with Crippen molar-refractivity contribution in [3.8, 4) is 0 Å². The molecule has 0 saturated carbocycles. The lowest BCUT2D eigenvalue weighted by molar-refractivity contribution is -0.116. The van der Waals surface area contributed by atoms with E-state index in [1.165, 1.54) is 0 Å². The van der Waals surface area contributed by atoms with E-state index >= 15 is 0 Å². The summed E-state index contributed by atoms with van der Waals surface area (Å²) in [5.41, 5.74) is -0.336. The first-order valence-electron chi connectivity index (χ1n) is 6.56. The summed E-state index contributed by atoms with van der Waals surface area (Å²) in [7, 11) is 0. The molecule has 0 amide bonds. The van der Waals surface area contributed by atoms with E-state index in [0.29, 0.717) is 5.90 Å². The molecule has 3 heteroatoms. The second-order valence-electron chi connectivity index (χ2n) is 4.64. The number of carbonyl (C=O) groups excluding carboxylic acids is 1. The molecule has 0 aromatic carbocycles. The van der Waals surface area contributed by atoms with Gasteiger partial charge >= 0.3 is 0 Å². The van der Waals surface area contributed by atoms with E-state index in [-0.39, 0.29) is 5.54 Å². The highest BCUT2D eigenvalue weighted by Gasteiger charge is 2.44. The lowest BCUT2D eigenvalue weighted by atomic mass is 9.83. The summed E-state index contributed by atoms with van der Waals surface area (Å²) in [6.07, 6.45) is 8.28. The van der Waals surface area contributed by atoms with Gasteiger partial charge in [-0.3, -0.25) is 4.79 Å². The first kappa shape index (κ1) is 13.9. The molecule has 17 heavy (non-hydrogen) atoms. The maximum atomic E-state index is 11.2. The highest BCUT2D eigenvalue weighted by molar-refractivity contribution is 5.91. The summed E-state index contributed by atoms with van der Waals surface area (Å²) >= 11 is 0. The number of hydrogen-bond acceptors (Lipinski definition) is 3. The molecule has 1 heterocycles. The van der Waals surface area contributed by atoms with E-state index < -0.39 is 6.10 Å². The fourth-order valence-corrected chi connectivity index (χ4v) is 2.28. The molecule has 1 atom stereocenters. The van der Waals surface area contributed by atoms with E-state index in [2.05, 4.69) is 25.4 Å². The molecule has 0 saturated heterocycles. The molecule has 0 aliphatic carbocycles. The van der Waals surface area contributed by atoms with Crippen LogP contribution in [0.2, 0.25) is 0 Å². The number of hydrogen-bond donors (Lipinski definition) is 0. The number of rotatable bonds is 8. The quantitative estimate of drug-likeness (QED) is 0.608. The molecule has 1 unspecified atom stereocenters. The lowest BCUT2D eigenvalue weighted by Gasteiger charge is -2.28. The van der Waals surface area contributed by atoms with Crippen LogP contribution in [0.4, 0.5) is 0 Å². The Kier molecular flexibility index (Phi) is 5.39. The molecular formula is C14H23NO2. The third-order valence-electron chi connectivity index (χ3n) is 3.33. The number of ether oxygens (including phenoxy) is 1. The number of nitrogens with zero attached hydrogens (tertiary/aromatic N) is 1. The fourth-order valence-electron chi connectivity index (χ4n) is 2.28. The zero-order valence-corrected chi connectivity index (χ0v) is 10.9. The first-order valence-corrected chi connectivity index (χ1v) is 6.56. The van der Waals surface area contributed by atoms with Gasteiger partial charge in [-0.05, 0) is 18.9 Å². The van der Waals surface area contributed by atoms with Gasteiger partial charge in [0.2, 0.25) is 5.90 Å². The molecule has 3 nitrogen and oxygen atoms in total. The molecule has 0 radical (unpaired) electrons. The van der Waals surface area contributed by atoms with Crippen molar-refractivity contribution in [1.29, 1.82) is 0 Å². The summed E-state index contributed by atoms with van der Waals surface area (Å²) in [4.78, 5) is 15.8. The van der Waals surface area contributed by atoms with Crippen LogP contribution < -0.4 is 0 Å². The van der Waals surface area contributed by atoms with Gasteiger partial charge < -0.3 is 4.74 Å². The van der Waals surface area contributed by atoms with Crippen molar-refractivity contribution in [3.63, 3.8) is 0 Å². The highest BCUT2D eigenvalue weighted by Crippen LogP contribution is 2.35. The van der Waals surface area contributed by atoms with Gasteiger partial charge in [0.05, 0.1) is 0 Å². The van der Waals surface area contributed by atoms with Crippen LogP contribution in [-0.2, 0) is 9.53 Å². The zero-order valence-electron chi connectivity index (χ0n) is 10.9. The number of unbranched alkanes of at least 4 members (excludes halogenated alkanes) is 2. The minimum absolute atomic E-state index is 0.336. The van der Waals surface area contributed by atoms with Crippen molar-refractivity contribution >= 4 is 12.2 Å². The maximum Gasteiger partial charge on any atom is 0.209 e. The van der Waals surface area contributed by atoms with Gasteiger partial charge in [0, 0.05) is 0 Å². The van der Waals surface area contributed by atoms with Gasteiger partial charge in [0.1, 0.15) is 5.54 Å². The Bertz CT molecular complexity index is 289. The van der Waals surface area contributed by atoms with E-state index in [4.69, 9.17) is 4.74 Å². The SMILES string of the molecule is C=CC1=NC(CCCC)(CCCC)C(C=O)O1. The van der Waals surface area contributed by atoms with Crippen LogP contribution in [0.5, 0.6) is 0 Å². The largest absolute Gasteiger partial charge is 0.464 e. The molecule has 0 aromatic heterocycles. The van der Waals surface area contributed by atoms with Crippen molar-refractivity contribution in [2.75, 3.05) is 0 Å². The number of aliphatic imine (C=N–C) groups is 1. The average Bonchev–Trinajstić information content (AvgIpc) is 2.72. The van der Waals surface area contributed by atoms with Gasteiger partial charge in [-0.15, -0.1) is 0 Å². The van der Waals surface area contributed by atoms with Crippen molar-refractivity contribution in [1.82, 2.24) is 0 Å². The Morgan fingerprint density at radius 3 is 2.35 bits per heavy atom. The Labute approximate surface area is 104 Å². The topological polar surface area (TPSA) is 38.7 Å². The molecule has 96 valence electrons. The molecule has 0 aromatic rings. The Morgan fingerprint density at radius 2 is 1.94 bits per heavy atom. The van der Waals surface area contributed by atoms with Crippen LogP contribution in [0.15, 0.2) is 17.6 Å². The van der Waals surface area contributed by atoms with E-state index in [0.717, 1.165) is 44.8 Å². The second kappa shape index (κ2) is 6.58. The Balaban J connectivity index is 2.87. The summed E-state index contributed by atoms with van der Waals surface area (Å²) < 4.78 is 5.53. The monoisotopic (exact) mass is 237 g/mol. The van der Waals surface area contributed by atoms with Crippen LogP contribution in [0, 0.1) is 0 Å². The van der Waals surface area contributed by atoms with Crippen LogP contribution in [-0.4, -0.2) is 23.8 Å². The highest BCUT2D eigenvalue weighted by atomic mass is 16.5. The van der Waals surface area contributed by atoms with Gasteiger partial charge in [-0.2, -0.15) is 0 Å². The second-order valence-corrected chi connectivity index (χ2v) is 4.64. The van der Waals surface area contributed by atoms with Gasteiger partial charge in [-0.25, -0.2) is 4.99 Å². The lowest BCUT2D eigenvalue weighted by Crippen LogP contribution is -2.39. The van der Waals surface area contributed by atoms with Crippen LogP contribution >= 0.6 is 0 Å². The van der Waals surface area contributed by atoms with Crippen molar-refractivity contribution in [2.24, 2.45) is 4.99 Å². The Hall–Kier alpha value is -1.12. The van der Waals surface area contributed by atoms with Gasteiger partial charge in [-0.1, -0.05) is 46.1 Å². The van der Waals surface area contributed by atoms with E-state index in [1.54, 1.807) is 6.08 Å². The van der Waals surface area contributed by atoms with E-state index in [9.17, 15) is 4.79 Å². The van der Waals surface area contributed by atoms with Crippen molar-refractivity contribution in [3.05, 3.63) is 12.7 Å². The maximum absolute atomic E-state index is 11.2. The minimum atomic E-state index is -0.423. The van der Waals surface area contributed by atoms with Crippen LogP contribution in [0.3, 0.4) is 0 Å². The van der Waals surface area contributed by atoms with Crippen molar-refractivity contribution in [2.45, 2.75) is 64.0 Å². The predicted octanol–water partition coefficient (Wildman–Crippen LogP) is 3.29. The van der Waals surface area contributed by atoms with E-state index in [1.807, 2.05) is 0 Å². The third kappa shape index (κ3) is 3.18. The summed E-state index contributed by atoms with van der Waals surface area (Å²) in [5.74, 6) is 0.523. The standard InChI is InChI=1S/C14H23NO2/c1-4-7-9-14(10-8-5-2)12(11-16)17-13(6-3)15-14/h6,11-12H,3-5,7-10H2,1-2H3. The van der Waals surface area contributed by atoms with Gasteiger partial charge in [0.15, 0.2) is 12.4 Å². The van der Waals surface area contributed by atoms with Gasteiger partial charge in [0.25, 0.3) is 0 Å². The normalized spacial score (nSPS) is 21.8. The molecule has 0 bridgehead atoms. The average molecular weight is 237 g/mol. The molecule has 1 rings (SSSR count). The van der Waals surface area contributed by atoms with Crippen molar-refractivity contribution < 1.29 is 9.53 Å². The summed E-state index contributed by atoms with van der Waals surface area (Å²) in [6, 6.07) is 0. The summed E-state index contributed by atoms with van der Waals surface area (Å²) in [5, 5.41) is 0. The first-order chi connectivity index (χ1) is 8.22. The molecule has 0 N–H and O–H groups in total. The third-order valence-corrected chi connectivity index (χ3v) is 3.33. The van der Waals surface area contributed by atoms with Crippen LogP contribution in [0.25, 0.3) is 0 Å². The Morgan fingerprint density at radius 1 is 1.35 bits per heavy atom. The fraction of sp³-hybridized carbons (Fsp3) is 0.714. The van der Waals surface area contributed by atoms with Crippen LogP contribution in [0.1, 0.15) is 52.4 Å². The number of aldehydes is 1. The number of carbonyl (C=O) groups is 1. The molecule has 1 aliphatic heterocycles. The molecule has 1 aliphatic rings. The smallest absolute Gasteiger partial charge is 0.209 e. The molecule has 0 fully saturated rings. The zero-order chi connectivity index (χ0) is 12.7. The summed E-state index contributed by atoms with van der Waals surface area (Å²) in [6.45, 7) is 7.97. The minimum Gasteiger partial charge on any atom is -0.464 e. The molecule has 0 spiro atoms. The predicted molar refractivity (Wildman–Crippen MR) is 70.4 cm³/mol.